The second-order valence-electron chi connectivity index (χ2n) is 4.20. The third-order valence-electron chi connectivity index (χ3n) is 2.90. The molecule has 0 bridgehead atoms. The van der Waals surface area contributed by atoms with Gasteiger partial charge in [-0.15, -0.1) is 0 Å². The van der Waals surface area contributed by atoms with E-state index in [1.165, 1.54) is 24.4 Å². The zero-order valence-electron chi connectivity index (χ0n) is 10.2. The molecule has 0 saturated heterocycles. The second kappa shape index (κ2) is 4.58. The van der Waals surface area contributed by atoms with E-state index in [-0.39, 0.29) is 11.4 Å². The molecule has 98 valence electrons. The number of hydrogen-bond acceptors (Lipinski definition) is 5. The molecule has 0 aliphatic heterocycles. The first-order chi connectivity index (χ1) is 9.65. The van der Waals surface area contributed by atoms with Crippen LogP contribution in [0.15, 0.2) is 48.7 Å². The van der Waals surface area contributed by atoms with Crippen molar-refractivity contribution in [3.8, 4) is 17.0 Å². The maximum atomic E-state index is 11.0. The number of aromatic nitrogens is 2. The van der Waals surface area contributed by atoms with Gasteiger partial charge in [-0.25, -0.2) is 4.98 Å². The number of rotatable bonds is 2. The van der Waals surface area contributed by atoms with Gasteiger partial charge in [-0.05, 0) is 18.2 Å². The molecule has 0 saturated carbocycles. The zero-order chi connectivity index (χ0) is 14.1. The number of nitrogens with zero attached hydrogens (tertiary/aromatic N) is 3. The Morgan fingerprint density at radius 2 is 1.90 bits per heavy atom. The molecule has 20 heavy (non-hydrogen) atoms. The number of para-hydroxylation sites is 1. The van der Waals surface area contributed by atoms with Crippen molar-refractivity contribution in [3.63, 3.8) is 0 Å². The van der Waals surface area contributed by atoms with Gasteiger partial charge in [0.1, 0.15) is 5.75 Å². The van der Waals surface area contributed by atoms with Gasteiger partial charge in [0.05, 0.1) is 33.4 Å². The van der Waals surface area contributed by atoms with Crippen LogP contribution in [0.2, 0.25) is 0 Å². The highest BCUT2D eigenvalue weighted by Gasteiger charge is 2.15. The molecule has 6 heteroatoms. The molecular weight excluding hydrogens is 258 g/mol. The van der Waals surface area contributed by atoms with Gasteiger partial charge in [0.25, 0.3) is 5.69 Å². The molecule has 0 unspecified atom stereocenters. The first-order valence-electron chi connectivity index (χ1n) is 5.85. The predicted molar refractivity (Wildman–Crippen MR) is 73.3 cm³/mol. The number of aromatic hydroxyl groups is 1. The highest BCUT2D eigenvalue weighted by molar-refractivity contribution is 5.80. The molecule has 6 nitrogen and oxygen atoms in total. The summed E-state index contributed by atoms with van der Waals surface area (Å²) in [5.41, 5.74) is 1.87. The summed E-state index contributed by atoms with van der Waals surface area (Å²) in [4.78, 5) is 19.1. The highest BCUT2D eigenvalue weighted by atomic mass is 16.6. The van der Waals surface area contributed by atoms with Crippen molar-refractivity contribution in [1.82, 2.24) is 9.97 Å². The van der Waals surface area contributed by atoms with Crippen LogP contribution >= 0.6 is 0 Å². The van der Waals surface area contributed by atoms with Crippen LogP contribution in [0.4, 0.5) is 5.69 Å². The number of phenols is 1. The van der Waals surface area contributed by atoms with E-state index < -0.39 is 4.92 Å². The first-order valence-corrected chi connectivity index (χ1v) is 5.85. The van der Waals surface area contributed by atoms with Gasteiger partial charge >= 0.3 is 0 Å². The quantitative estimate of drug-likeness (QED) is 0.569. The Kier molecular flexibility index (Phi) is 2.76. The van der Waals surface area contributed by atoms with Gasteiger partial charge in [0.15, 0.2) is 0 Å². The van der Waals surface area contributed by atoms with Gasteiger partial charge in [-0.2, -0.15) is 0 Å². The summed E-state index contributed by atoms with van der Waals surface area (Å²) >= 11 is 0. The SMILES string of the molecule is O=[N+]([O-])c1ccccc1-c1cnc2ccc(O)cc2n1. The van der Waals surface area contributed by atoms with Crippen molar-refractivity contribution in [2.75, 3.05) is 0 Å². The number of benzene rings is 2. The van der Waals surface area contributed by atoms with Crippen molar-refractivity contribution in [2.45, 2.75) is 0 Å². The average Bonchev–Trinajstić information content (AvgIpc) is 2.46. The smallest absolute Gasteiger partial charge is 0.278 e. The number of nitro benzene ring substituents is 1. The van der Waals surface area contributed by atoms with E-state index in [1.807, 2.05) is 0 Å². The van der Waals surface area contributed by atoms with Crippen LogP contribution < -0.4 is 0 Å². The third-order valence-corrected chi connectivity index (χ3v) is 2.90. The molecule has 0 fully saturated rings. The first kappa shape index (κ1) is 12.0. The van der Waals surface area contributed by atoms with E-state index in [9.17, 15) is 15.2 Å². The molecule has 1 heterocycles. The summed E-state index contributed by atoms with van der Waals surface area (Å²) in [6.45, 7) is 0. The molecule has 0 spiro atoms. The average molecular weight is 267 g/mol. The molecule has 2 aromatic carbocycles. The van der Waals surface area contributed by atoms with Crippen molar-refractivity contribution in [2.24, 2.45) is 0 Å². The predicted octanol–water partition coefficient (Wildman–Crippen LogP) is 2.91. The number of nitro groups is 1. The van der Waals surface area contributed by atoms with Gasteiger partial charge in [0.2, 0.25) is 0 Å². The monoisotopic (exact) mass is 267 g/mol. The molecule has 0 aliphatic rings. The van der Waals surface area contributed by atoms with Crippen LogP contribution in [-0.4, -0.2) is 20.0 Å². The van der Waals surface area contributed by atoms with Crippen molar-refractivity contribution in [1.29, 1.82) is 0 Å². The maximum absolute atomic E-state index is 11.0. The minimum absolute atomic E-state index is 0.0266. The van der Waals surface area contributed by atoms with Gasteiger partial charge in [-0.1, -0.05) is 12.1 Å². The second-order valence-corrected chi connectivity index (χ2v) is 4.20. The van der Waals surface area contributed by atoms with Crippen molar-refractivity contribution in [3.05, 3.63) is 58.8 Å². The Balaban J connectivity index is 2.22. The zero-order valence-corrected chi connectivity index (χ0v) is 10.2. The molecule has 3 rings (SSSR count). The number of fused-ring (bicyclic) bond motifs is 1. The Bertz CT molecular complexity index is 818. The van der Waals surface area contributed by atoms with Gasteiger partial charge in [-0.3, -0.25) is 15.1 Å². The molecule has 1 N–H and O–H groups in total. The van der Waals surface area contributed by atoms with E-state index in [1.54, 1.807) is 24.3 Å². The molecule has 0 atom stereocenters. The van der Waals surface area contributed by atoms with E-state index in [2.05, 4.69) is 9.97 Å². The van der Waals surface area contributed by atoms with Crippen molar-refractivity contribution >= 4 is 16.7 Å². The van der Waals surface area contributed by atoms with E-state index in [0.29, 0.717) is 22.3 Å². The Labute approximate surface area is 113 Å². The van der Waals surface area contributed by atoms with Crippen LogP contribution in [0.25, 0.3) is 22.3 Å². The maximum Gasteiger partial charge on any atom is 0.278 e. The summed E-state index contributed by atoms with van der Waals surface area (Å²) < 4.78 is 0. The molecule has 0 aliphatic carbocycles. The van der Waals surface area contributed by atoms with Crippen LogP contribution in [0.1, 0.15) is 0 Å². The highest BCUT2D eigenvalue weighted by Crippen LogP contribution is 2.29. The minimum Gasteiger partial charge on any atom is -0.508 e. The van der Waals surface area contributed by atoms with Crippen LogP contribution in [-0.2, 0) is 0 Å². The molecule has 0 radical (unpaired) electrons. The fourth-order valence-corrected chi connectivity index (χ4v) is 1.98. The summed E-state index contributed by atoms with van der Waals surface area (Å²) in [6.07, 6.45) is 1.49. The summed E-state index contributed by atoms with van der Waals surface area (Å²) in [5, 5.41) is 20.5. The van der Waals surface area contributed by atoms with Crippen LogP contribution in [0.5, 0.6) is 5.75 Å². The Hall–Kier alpha value is -3.02. The van der Waals surface area contributed by atoms with E-state index in [4.69, 9.17) is 0 Å². The standard InChI is InChI=1S/C14H9N3O3/c18-9-5-6-11-12(7-9)16-13(8-15-11)10-3-1-2-4-14(10)17(19)20/h1-8,18H. The number of hydrogen-bond donors (Lipinski definition) is 1. The molecule has 0 amide bonds. The summed E-state index contributed by atoms with van der Waals surface area (Å²) in [6, 6.07) is 11.0. The minimum atomic E-state index is -0.455. The lowest BCUT2D eigenvalue weighted by Crippen LogP contribution is -1.94. The summed E-state index contributed by atoms with van der Waals surface area (Å²) in [7, 11) is 0. The fourth-order valence-electron chi connectivity index (χ4n) is 1.98. The normalized spacial score (nSPS) is 10.6. The third kappa shape index (κ3) is 2.03. The Morgan fingerprint density at radius 3 is 2.70 bits per heavy atom. The molecular formula is C14H9N3O3. The van der Waals surface area contributed by atoms with Crippen LogP contribution in [0, 0.1) is 10.1 Å². The van der Waals surface area contributed by atoms with Gasteiger partial charge in [0, 0.05) is 12.1 Å². The largest absolute Gasteiger partial charge is 0.508 e. The van der Waals surface area contributed by atoms with Crippen molar-refractivity contribution < 1.29 is 10.0 Å². The topological polar surface area (TPSA) is 89.2 Å². The van der Waals surface area contributed by atoms with Crippen LogP contribution in [0.3, 0.4) is 0 Å². The molecule has 1 aromatic heterocycles. The number of phenolic OH excluding ortho intramolecular Hbond substituents is 1. The summed E-state index contributed by atoms with van der Waals surface area (Å²) in [5.74, 6) is 0.0755. The fraction of sp³-hybridized carbons (Fsp3) is 0. The van der Waals surface area contributed by atoms with E-state index in [0.717, 1.165) is 0 Å². The lowest BCUT2D eigenvalue weighted by atomic mass is 10.1. The lowest BCUT2D eigenvalue weighted by Gasteiger charge is -2.04. The lowest BCUT2D eigenvalue weighted by molar-refractivity contribution is -0.384. The molecule has 3 aromatic rings. The van der Waals surface area contributed by atoms with Gasteiger partial charge < -0.3 is 5.11 Å². The van der Waals surface area contributed by atoms with E-state index >= 15 is 0 Å². The Morgan fingerprint density at radius 1 is 1.10 bits per heavy atom.